The molecule has 1 aliphatic rings. The Labute approximate surface area is 199 Å². The molecule has 3 aromatic rings. The third kappa shape index (κ3) is 5.45. The lowest BCUT2D eigenvalue weighted by Gasteiger charge is -2.25. The van der Waals surface area contributed by atoms with E-state index in [-0.39, 0.29) is 17.3 Å². The molecule has 0 radical (unpaired) electrons. The molecule has 1 aliphatic heterocycles. The summed E-state index contributed by atoms with van der Waals surface area (Å²) in [4.78, 5) is 23.3. The molecule has 1 fully saturated rings. The van der Waals surface area contributed by atoms with Crippen LogP contribution in [0.1, 0.15) is 47.5 Å². The molecule has 176 valence electrons. The number of nitrogens with zero attached hydrogens (tertiary/aromatic N) is 4. The van der Waals surface area contributed by atoms with Gasteiger partial charge in [0.2, 0.25) is 5.82 Å². The molecule has 4 rings (SSSR count). The van der Waals surface area contributed by atoms with Crippen LogP contribution in [0.25, 0.3) is 11.3 Å². The minimum absolute atomic E-state index is 0.00578. The van der Waals surface area contributed by atoms with Gasteiger partial charge in [-0.2, -0.15) is 18.4 Å². The van der Waals surface area contributed by atoms with Crippen LogP contribution in [-0.2, 0) is 17.4 Å². The molecular weight excluding hydrogens is 461 g/mol. The van der Waals surface area contributed by atoms with Gasteiger partial charge in [0.1, 0.15) is 5.82 Å². The monoisotopic (exact) mass is 484 g/mol. The van der Waals surface area contributed by atoms with Crippen LogP contribution >= 0.6 is 11.3 Å². The van der Waals surface area contributed by atoms with E-state index in [1.165, 1.54) is 11.3 Å². The standard InChI is InChI=1S/C25H23F3N4OS/c1-16-12-19(15-34-16)20-13-23(31-24(30-20)25(26,27)28)32-11-3-5-21(32)22(33)6-2-4-17-7-9-18(14-29)10-8-17/h7-10,12-13,15,21H,2-6,11H2,1H3/t21-/m0/s1. The first kappa shape index (κ1) is 23.9. The molecule has 9 heteroatoms. The van der Waals surface area contributed by atoms with Crippen LogP contribution < -0.4 is 4.90 Å². The molecular formula is C25H23F3N4OS. The van der Waals surface area contributed by atoms with Gasteiger partial charge in [0.25, 0.3) is 0 Å². The molecule has 0 amide bonds. The summed E-state index contributed by atoms with van der Waals surface area (Å²) in [5.41, 5.74) is 2.44. The number of anilines is 1. The topological polar surface area (TPSA) is 69.9 Å². The van der Waals surface area contributed by atoms with Crippen LogP contribution in [0, 0.1) is 18.3 Å². The van der Waals surface area contributed by atoms with Crippen molar-refractivity contribution in [3.8, 4) is 17.3 Å². The van der Waals surface area contributed by atoms with E-state index < -0.39 is 18.0 Å². The number of hydrogen-bond donors (Lipinski definition) is 0. The molecule has 0 saturated carbocycles. The molecule has 0 spiro atoms. The maximum Gasteiger partial charge on any atom is 0.451 e. The van der Waals surface area contributed by atoms with Crippen molar-refractivity contribution >= 4 is 22.9 Å². The Kier molecular flexibility index (Phi) is 6.98. The van der Waals surface area contributed by atoms with Crippen LogP contribution in [0.2, 0.25) is 0 Å². The quantitative estimate of drug-likeness (QED) is 0.414. The lowest BCUT2D eigenvalue weighted by Crippen LogP contribution is -2.37. The Morgan fingerprint density at radius 2 is 2.00 bits per heavy atom. The Hall–Kier alpha value is -3.25. The van der Waals surface area contributed by atoms with Gasteiger partial charge in [-0.3, -0.25) is 4.79 Å². The van der Waals surface area contributed by atoms with E-state index in [1.54, 1.807) is 34.5 Å². The van der Waals surface area contributed by atoms with Crippen LogP contribution in [0.4, 0.5) is 19.0 Å². The van der Waals surface area contributed by atoms with Gasteiger partial charge in [0.05, 0.1) is 23.4 Å². The summed E-state index contributed by atoms with van der Waals surface area (Å²) in [6.07, 6.45) is -1.73. The fourth-order valence-corrected chi connectivity index (χ4v) is 4.89. The van der Waals surface area contributed by atoms with Crippen LogP contribution in [0.15, 0.2) is 41.8 Å². The van der Waals surface area contributed by atoms with Crippen molar-refractivity contribution in [2.75, 3.05) is 11.4 Å². The van der Waals surface area contributed by atoms with Gasteiger partial charge in [0, 0.05) is 34.9 Å². The van der Waals surface area contributed by atoms with Gasteiger partial charge in [-0.25, -0.2) is 9.97 Å². The van der Waals surface area contributed by atoms with E-state index in [2.05, 4.69) is 16.0 Å². The van der Waals surface area contributed by atoms with Gasteiger partial charge in [-0.15, -0.1) is 11.3 Å². The van der Waals surface area contributed by atoms with E-state index in [0.717, 1.165) is 10.4 Å². The first-order chi connectivity index (χ1) is 16.2. The average molecular weight is 485 g/mol. The number of ketones is 1. The fraction of sp³-hybridized carbons (Fsp3) is 0.360. The minimum Gasteiger partial charge on any atom is -0.346 e. The summed E-state index contributed by atoms with van der Waals surface area (Å²) in [6.45, 7) is 2.36. The Morgan fingerprint density at radius 1 is 1.24 bits per heavy atom. The predicted octanol–water partition coefficient (Wildman–Crippen LogP) is 5.96. The van der Waals surface area contributed by atoms with E-state index in [4.69, 9.17) is 5.26 Å². The number of nitriles is 1. The fourth-order valence-electron chi connectivity index (χ4n) is 4.19. The number of carbonyl (C=O) groups is 1. The number of alkyl halides is 3. The first-order valence-electron chi connectivity index (χ1n) is 11.0. The van der Waals surface area contributed by atoms with Crippen LogP contribution in [-0.4, -0.2) is 28.3 Å². The van der Waals surface area contributed by atoms with E-state index in [1.807, 2.05) is 19.1 Å². The number of hydrogen-bond acceptors (Lipinski definition) is 6. The zero-order valence-electron chi connectivity index (χ0n) is 18.6. The highest BCUT2D eigenvalue weighted by Crippen LogP contribution is 2.34. The minimum atomic E-state index is -4.68. The SMILES string of the molecule is Cc1cc(-c2cc(N3CCC[C@H]3C(=O)CCCc3ccc(C#N)cc3)nc(C(F)(F)F)n2)cs1. The summed E-state index contributed by atoms with van der Waals surface area (Å²) in [5, 5.41) is 10.7. The van der Waals surface area contributed by atoms with Crippen molar-refractivity contribution in [3.05, 3.63) is 63.6 Å². The van der Waals surface area contributed by atoms with Gasteiger partial charge in [-0.1, -0.05) is 12.1 Å². The summed E-state index contributed by atoms with van der Waals surface area (Å²) >= 11 is 1.44. The summed E-state index contributed by atoms with van der Waals surface area (Å²) in [7, 11) is 0. The Morgan fingerprint density at radius 3 is 2.65 bits per heavy atom. The number of thiophene rings is 1. The number of rotatable bonds is 7. The maximum atomic E-state index is 13.6. The highest BCUT2D eigenvalue weighted by atomic mass is 32.1. The van der Waals surface area contributed by atoms with Crippen molar-refractivity contribution in [3.63, 3.8) is 0 Å². The number of aromatic nitrogens is 2. The van der Waals surface area contributed by atoms with Gasteiger partial charge < -0.3 is 4.90 Å². The number of halogens is 3. The zero-order chi connectivity index (χ0) is 24.3. The number of Topliss-reactive ketones (excluding diaryl/α,β-unsaturated/α-hetero) is 1. The molecule has 34 heavy (non-hydrogen) atoms. The summed E-state index contributed by atoms with van der Waals surface area (Å²) < 4.78 is 40.7. The first-order valence-corrected chi connectivity index (χ1v) is 11.9. The van der Waals surface area contributed by atoms with Crippen molar-refractivity contribution in [2.24, 2.45) is 0 Å². The second kappa shape index (κ2) is 9.94. The molecule has 0 aliphatic carbocycles. The third-order valence-electron chi connectivity index (χ3n) is 5.88. The number of aryl methyl sites for hydroxylation is 2. The molecule has 5 nitrogen and oxygen atoms in total. The van der Waals surface area contributed by atoms with Gasteiger partial charge in [0.15, 0.2) is 5.78 Å². The maximum absolute atomic E-state index is 13.6. The number of carbonyl (C=O) groups excluding carboxylic acids is 1. The van der Waals surface area contributed by atoms with E-state index in [0.29, 0.717) is 49.8 Å². The van der Waals surface area contributed by atoms with Crippen molar-refractivity contribution < 1.29 is 18.0 Å². The van der Waals surface area contributed by atoms with Crippen LogP contribution in [0.5, 0.6) is 0 Å². The molecule has 1 atom stereocenters. The third-order valence-corrected chi connectivity index (χ3v) is 6.74. The Balaban J connectivity index is 1.51. The lowest BCUT2D eigenvalue weighted by molar-refractivity contribution is -0.144. The smallest absolute Gasteiger partial charge is 0.346 e. The van der Waals surface area contributed by atoms with Crippen LogP contribution in [0.3, 0.4) is 0 Å². The van der Waals surface area contributed by atoms with E-state index in [9.17, 15) is 18.0 Å². The zero-order valence-corrected chi connectivity index (χ0v) is 19.4. The molecule has 0 unspecified atom stereocenters. The molecule has 1 aromatic carbocycles. The molecule has 2 aromatic heterocycles. The normalized spacial score (nSPS) is 16.0. The number of benzene rings is 1. The molecule has 3 heterocycles. The van der Waals surface area contributed by atoms with E-state index >= 15 is 0 Å². The Bertz CT molecular complexity index is 1210. The second-order valence-electron chi connectivity index (χ2n) is 8.36. The summed E-state index contributed by atoms with van der Waals surface area (Å²) in [5.74, 6) is -1.04. The molecule has 1 saturated heterocycles. The largest absolute Gasteiger partial charge is 0.451 e. The molecule has 0 bridgehead atoms. The van der Waals surface area contributed by atoms with Crippen molar-refractivity contribution in [1.82, 2.24) is 9.97 Å². The predicted molar refractivity (Wildman–Crippen MR) is 125 cm³/mol. The van der Waals surface area contributed by atoms with Gasteiger partial charge in [-0.05, 0) is 56.4 Å². The highest BCUT2D eigenvalue weighted by Gasteiger charge is 2.38. The van der Waals surface area contributed by atoms with Gasteiger partial charge >= 0.3 is 6.18 Å². The second-order valence-corrected chi connectivity index (χ2v) is 9.47. The average Bonchev–Trinajstić information content (AvgIpc) is 3.48. The summed E-state index contributed by atoms with van der Waals surface area (Å²) in [6, 6.07) is 12.2. The molecule has 0 N–H and O–H groups in total. The lowest BCUT2D eigenvalue weighted by atomic mass is 10.0. The van der Waals surface area contributed by atoms with Crippen molar-refractivity contribution in [2.45, 2.75) is 51.2 Å². The highest BCUT2D eigenvalue weighted by molar-refractivity contribution is 7.10. The van der Waals surface area contributed by atoms with Crippen molar-refractivity contribution in [1.29, 1.82) is 5.26 Å².